The molecule has 0 saturated heterocycles. The highest BCUT2D eigenvalue weighted by Crippen LogP contribution is 2.30. The van der Waals surface area contributed by atoms with Gasteiger partial charge in [0.05, 0.1) is 22.5 Å². The van der Waals surface area contributed by atoms with Crippen LogP contribution in [0.2, 0.25) is 0 Å². The van der Waals surface area contributed by atoms with Gasteiger partial charge in [-0.2, -0.15) is 5.10 Å². The summed E-state index contributed by atoms with van der Waals surface area (Å²) in [6.45, 7) is 6.66. The van der Waals surface area contributed by atoms with Crippen LogP contribution in [0.1, 0.15) is 38.1 Å². The van der Waals surface area contributed by atoms with Crippen LogP contribution < -0.4 is 4.74 Å². The lowest BCUT2D eigenvalue weighted by Gasteiger charge is -2.16. The van der Waals surface area contributed by atoms with E-state index >= 15 is 0 Å². The van der Waals surface area contributed by atoms with Crippen molar-refractivity contribution in [2.24, 2.45) is 0 Å². The van der Waals surface area contributed by atoms with Gasteiger partial charge in [0.2, 0.25) is 0 Å². The van der Waals surface area contributed by atoms with E-state index in [1.165, 1.54) is 0 Å². The monoisotopic (exact) mass is 338 g/mol. The van der Waals surface area contributed by atoms with Crippen molar-refractivity contribution < 1.29 is 9.84 Å². The minimum atomic E-state index is -0.734. The van der Waals surface area contributed by atoms with Crippen molar-refractivity contribution in [3.63, 3.8) is 0 Å². The predicted molar refractivity (Wildman–Crippen MR) is 81.9 cm³/mol. The number of nitrogens with zero attached hydrogens (tertiary/aromatic N) is 2. The second kappa shape index (κ2) is 6.41. The lowest BCUT2D eigenvalue weighted by Crippen LogP contribution is -2.10. The Hall–Kier alpha value is -1.33. The second-order valence-electron chi connectivity index (χ2n) is 4.84. The van der Waals surface area contributed by atoms with Crippen molar-refractivity contribution in [1.82, 2.24) is 9.78 Å². The summed E-state index contributed by atoms with van der Waals surface area (Å²) in [5, 5.41) is 14.8. The maximum atomic E-state index is 10.6. The molecule has 0 bridgehead atoms. The Balaban J connectivity index is 2.33. The zero-order valence-electron chi connectivity index (χ0n) is 11.9. The number of aryl methyl sites for hydroxylation is 1. The summed E-state index contributed by atoms with van der Waals surface area (Å²) in [6, 6.07) is 7.53. The highest BCUT2D eigenvalue weighted by molar-refractivity contribution is 9.10. The minimum absolute atomic E-state index is 0.107. The van der Waals surface area contributed by atoms with Gasteiger partial charge < -0.3 is 9.84 Å². The number of rotatable bonds is 5. The van der Waals surface area contributed by atoms with Crippen molar-refractivity contribution in [3.05, 3.63) is 46.2 Å². The summed E-state index contributed by atoms with van der Waals surface area (Å²) < 4.78 is 8.25. The van der Waals surface area contributed by atoms with E-state index in [2.05, 4.69) is 21.0 Å². The van der Waals surface area contributed by atoms with E-state index in [9.17, 15) is 5.11 Å². The van der Waals surface area contributed by atoms with Crippen molar-refractivity contribution in [1.29, 1.82) is 0 Å². The largest absolute Gasteiger partial charge is 0.491 e. The topological polar surface area (TPSA) is 47.3 Å². The molecule has 0 fully saturated rings. The first-order chi connectivity index (χ1) is 9.52. The van der Waals surface area contributed by atoms with E-state index in [0.717, 1.165) is 21.5 Å². The number of aromatic nitrogens is 2. The minimum Gasteiger partial charge on any atom is -0.491 e. The first-order valence-corrected chi connectivity index (χ1v) is 7.48. The van der Waals surface area contributed by atoms with Gasteiger partial charge in [0, 0.05) is 6.54 Å². The predicted octanol–water partition coefficient (Wildman–Crippen LogP) is 3.53. The van der Waals surface area contributed by atoms with Gasteiger partial charge >= 0.3 is 0 Å². The molecule has 2 rings (SSSR count). The SMILES string of the molecule is CCn1ncc(Br)c1C(O)c1cccc(OC(C)C)c1. The fourth-order valence-corrected chi connectivity index (χ4v) is 2.60. The third kappa shape index (κ3) is 3.22. The van der Waals surface area contributed by atoms with Crippen LogP contribution in [0.5, 0.6) is 5.75 Å². The average Bonchev–Trinajstić information content (AvgIpc) is 2.78. The van der Waals surface area contributed by atoms with Crippen LogP contribution >= 0.6 is 15.9 Å². The van der Waals surface area contributed by atoms with Gasteiger partial charge in [0.25, 0.3) is 0 Å². The molecule has 0 aliphatic rings. The van der Waals surface area contributed by atoms with E-state index in [0.29, 0.717) is 6.54 Å². The van der Waals surface area contributed by atoms with Gasteiger partial charge in [-0.1, -0.05) is 12.1 Å². The van der Waals surface area contributed by atoms with E-state index in [4.69, 9.17) is 4.74 Å². The molecule has 2 aromatic rings. The van der Waals surface area contributed by atoms with Gasteiger partial charge in [-0.05, 0) is 54.4 Å². The van der Waals surface area contributed by atoms with Crippen LogP contribution in [0.3, 0.4) is 0 Å². The first-order valence-electron chi connectivity index (χ1n) is 6.68. The molecule has 108 valence electrons. The van der Waals surface area contributed by atoms with Gasteiger partial charge in [-0.3, -0.25) is 4.68 Å². The Bertz CT molecular complexity index is 581. The first kappa shape index (κ1) is 15.1. The van der Waals surface area contributed by atoms with Gasteiger partial charge in [-0.25, -0.2) is 0 Å². The summed E-state index contributed by atoms with van der Waals surface area (Å²) in [6.07, 6.45) is 1.08. The zero-order valence-corrected chi connectivity index (χ0v) is 13.5. The van der Waals surface area contributed by atoms with E-state index < -0.39 is 6.10 Å². The molecule has 5 heteroatoms. The Labute approximate surface area is 127 Å². The molecule has 1 atom stereocenters. The Morgan fingerprint density at radius 3 is 2.80 bits per heavy atom. The number of halogens is 1. The standard InChI is InChI=1S/C15H19BrN2O2/c1-4-18-14(13(16)9-17-18)15(19)11-6-5-7-12(8-11)20-10(2)3/h5-10,15,19H,4H2,1-3H3. The molecular formula is C15H19BrN2O2. The van der Waals surface area contributed by atoms with Crippen LogP contribution in [0.15, 0.2) is 34.9 Å². The third-order valence-electron chi connectivity index (χ3n) is 2.94. The lowest BCUT2D eigenvalue weighted by molar-refractivity contribution is 0.204. The van der Waals surface area contributed by atoms with Crippen LogP contribution in [0.4, 0.5) is 0 Å². The van der Waals surface area contributed by atoms with E-state index in [1.807, 2.05) is 45.0 Å². The lowest BCUT2D eigenvalue weighted by atomic mass is 10.1. The summed E-state index contributed by atoms with van der Waals surface area (Å²) >= 11 is 3.44. The molecule has 1 heterocycles. The molecule has 0 aliphatic heterocycles. The molecule has 1 N–H and O–H groups in total. The Morgan fingerprint density at radius 1 is 1.40 bits per heavy atom. The van der Waals surface area contributed by atoms with Crippen molar-refractivity contribution in [2.45, 2.75) is 39.5 Å². The second-order valence-corrected chi connectivity index (χ2v) is 5.69. The number of aliphatic hydroxyl groups is 1. The van der Waals surface area contributed by atoms with Crippen LogP contribution in [-0.2, 0) is 6.54 Å². The quantitative estimate of drug-likeness (QED) is 0.906. The summed E-state index contributed by atoms with van der Waals surface area (Å²) in [4.78, 5) is 0. The third-order valence-corrected chi connectivity index (χ3v) is 3.55. The van der Waals surface area contributed by atoms with Crippen LogP contribution in [0.25, 0.3) is 0 Å². The zero-order chi connectivity index (χ0) is 14.7. The maximum absolute atomic E-state index is 10.6. The molecule has 0 amide bonds. The van der Waals surface area contributed by atoms with Crippen molar-refractivity contribution in [3.8, 4) is 5.75 Å². The summed E-state index contributed by atoms with van der Waals surface area (Å²) in [5.74, 6) is 0.759. The molecule has 0 saturated carbocycles. The molecular weight excluding hydrogens is 320 g/mol. The molecule has 1 aromatic heterocycles. The number of hydrogen-bond acceptors (Lipinski definition) is 3. The summed E-state index contributed by atoms with van der Waals surface area (Å²) in [7, 11) is 0. The number of benzene rings is 1. The molecule has 20 heavy (non-hydrogen) atoms. The van der Waals surface area contributed by atoms with Crippen LogP contribution in [-0.4, -0.2) is 21.0 Å². The van der Waals surface area contributed by atoms with E-state index in [-0.39, 0.29) is 6.10 Å². The number of ether oxygens (including phenoxy) is 1. The molecule has 0 aliphatic carbocycles. The maximum Gasteiger partial charge on any atom is 0.122 e. The molecule has 0 spiro atoms. The summed E-state index contributed by atoms with van der Waals surface area (Å²) in [5.41, 5.74) is 1.55. The average molecular weight is 339 g/mol. The number of aliphatic hydroxyl groups excluding tert-OH is 1. The van der Waals surface area contributed by atoms with Gasteiger partial charge in [0.1, 0.15) is 11.9 Å². The van der Waals surface area contributed by atoms with E-state index in [1.54, 1.807) is 10.9 Å². The van der Waals surface area contributed by atoms with Gasteiger partial charge in [0.15, 0.2) is 0 Å². The highest BCUT2D eigenvalue weighted by atomic mass is 79.9. The fourth-order valence-electron chi connectivity index (χ4n) is 2.08. The molecule has 1 aromatic carbocycles. The highest BCUT2D eigenvalue weighted by Gasteiger charge is 2.19. The van der Waals surface area contributed by atoms with Crippen molar-refractivity contribution in [2.75, 3.05) is 0 Å². The molecule has 4 nitrogen and oxygen atoms in total. The van der Waals surface area contributed by atoms with Gasteiger partial charge in [-0.15, -0.1) is 0 Å². The molecule has 1 unspecified atom stereocenters. The normalized spacial score (nSPS) is 12.7. The molecule has 0 radical (unpaired) electrons. The van der Waals surface area contributed by atoms with Crippen molar-refractivity contribution >= 4 is 15.9 Å². The smallest absolute Gasteiger partial charge is 0.122 e. The number of hydrogen-bond donors (Lipinski definition) is 1. The Morgan fingerprint density at radius 2 is 2.15 bits per heavy atom. The Kier molecular flexibility index (Phi) is 4.83. The van der Waals surface area contributed by atoms with Crippen LogP contribution in [0, 0.1) is 0 Å². The fraction of sp³-hybridized carbons (Fsp3) is 0.400.